The van der Waals surface area contributed by atoms with Crippen LogP contribution in [0.5, 0.6) is 0 Å². The summed E-state index contributed by atoms with van der Waals surface area (Å²) in [6.45, 7) is 4.27. The molecule has 0 saturated carbocycles. The molecule has 1 unspecified atom stereocenters. The molecule has 102 valence electrons. The van der Waals surface area contributed by atoms with E-state index in [1.807, 2.05) is 6.07 Å². The Balaban J connectivity index is 1.92. The molecule has 3 nitrogen and oxygen atoms in total. The Morgan fingerprint density at radius 3 is 3.11 bits per heavy atom. The van der Waals surface area contributed by atoms with E-state index in [-0.39, 0.29) is 5.41 Å². The first-order chi connectivity index (χ1) is 8.76. The summed E-state index contributed by atoms with van der Waals surface area (Å²) in [4.78, 5) is 1.27. The molecule has 2 heterocycles. The first kappa shape index (κ1) is 14.3. The summed E-state index contributed by atoms with van der Waals surface area (Å²) in [5, 5.41) is 6.40. The van der Waals surface area contributed by atoms with Crippen molar-refractivity contribution < 1.29 is 9.47 Å². The van der Waals surface area contributed by atoms with Crippen LogP contribution in [0, 0.1) is 5.41 Å². The molecule has 1 atom stereocenters. The van der Waals surface area contributed by atoms with Gasteiger partial charge in [0.2, 0.25) is 0 Å². The lowest BCUT2D eigenvalue weighted by atomic mass is 9.83. The van der Waals surface area contributed by atoms with Gasteiger partial charge in [-0.3, -0.25) is 0 Å². The highest BCUT2D eigenvalue weighted by atomic mass is 35.5. The molecular weight excluding hydrogens is 270 g/mol. The monoisotopic (exact) mass is 289 g/mol. The summed E-state index contributed by atoms with van der Waals surface area (Å²) < 4.78 is 10.6. The number of hydrogen-bond donors (Lipinski definition) is 1. The van der Waals surface area contributed by atoms with E-state index >= 15 is 0 Å². The summed E-state index contributed by atoms with van der Waals surface area (Å²) in [5.74, 6) is 0. The summed E-state index contributed by atoms with van der Waals surface area (Å²) in [7, 11) is 1.72. The zero-order valence-corrected chi connectivity index (χ0v) is 12.3. The topological polar surface area (TPSA) is 30.5 Å². The van der Waals surface area contributed by atoms with Gasteiger partial charge in [-0.25, -0.2) is 0 Å². The van der Waals surface area contributed by atoms with E-state index in [9.17, 15) is 0 Å². The van der Waals surface area contributed by atoms with Gasteiger partial charge in [-0.2, -0.15) is 0 Å². The van der Waals surface area contributed by atoms with Crippen molar-refractivity contribution in [3.8, 4) is 0 Å². The average molecular weight is 290 g/mol. The zero-order chi connectivity index (χ0) is 12.8. The van der Waals surface area contributed by atoms with Gasteiger partial charge in [0.1, 0.15) is 0 Å². The van der Waals surface area contributed by atoms with Crippen LogP contribution in [0.3, 0.4) is 0 Å². The molecule has 1 aliphatic rings. The summed E-state index contributed by atoms with van der Waals surface area (Å²) in [6, 6.07) is 1.98. The van der Waals surface area contributed by atoms with Crippen LogP contribution in [0.1, 0.15) is 11.3 Å². The molecule has 18 heavy (non-hydrogen) atoms. The van der Waals surface area contributed by atoms with E-state index in [0.717, 1.165) is 50.8 Å². The molecule has 2 rings (SSSR count). The first-order valence-corrected chi connectivity index (χ1v) is 7.51. The maximum atomic E-state index is 6.19. The molecule has 0 spiro atoms. The van der Waals surface area contributed by atoms with E-state index in [0.29, 0.717) is 0 Å². The van der Waals surface area contributed by atoms with Gasteiger partial charge < -0.3 is 14.8 Å². The second-order valence-electron chi connectivity index (χ2n) is 4.84. The van der Waals surface area contributed by atoms with Crippen LogP contribution in [-0.4, -0.2) is 40.0 Å². The largest absolute Gasteiger partial charge is 0.383 e. The van der Waals surface area contributed by atoms with Crippen molar-refractivity contribution in [2.45, 2.75) is 12.8 Å². The van der Waals surface area contributed by atoms with Gasteiger partial charge >= 0.3 is 0 Å². The second kappa shape index (κ2) is 6.87. The lowest BCUT2D eigenvalue weighted by Gasteiger charge is -2.27. The number of hydrogen-bond acceptors (Lipinski definition) is 4. The highest BCUT2D eigenvalue weighted by molar-refractivity contribution is 7.10. The normalized spacial score (nSPS) is 23.7. The molecule has 0 amide bonds. The Bertz CT molecular complexity index is 364. The third-order valence-electron chi connectivity index (χ3n) is 3.39. The Hall–Kier alpha value is -0.130. The maximum absolute atomic E-state index is 6.19. The first-order valence-electron chi connectivity index (χ1n) is 6.25. The minimum absolute atomic E-state index is 0.197. The quantitative estimate of drug-likeness (QED) is 0.783. The van der Waals surface area contributed by atoms with Crippen molar-refractivity contribution in [3.63, 3.8) is 0 Å². The number of ether oxygens (including phenoxy) is 2. The number of nitrogens with one attached hydrogen (secondary N) is 1. The molecule has 1 aliphatic heterocycles. The Morgan fingerprint density at radius 1 is 1.61 bits per heavy atom. The standard InChI is InChI=1S/C13H20ClNO2S/c1-16-6-4-15-9-13(3-5-17-10-13)8-12-11(14)2-7-18-12/h2,7,15H,3-6,8-10H2,1H3. The fourth-order valence-electron chi connectivity index (χ4n) is 2.31. The highest BCUT2D eigenvalue weighted by Gasteiger charge is 2.35. The van der Waals surface area contributed by atoms with Crippen molar-refractivity contribution in [2.24, 2.45) is 5.41 Å². The van der Waals surface area contributed by atoms with Crippen molar-refractivity contribution in [3.05, 3.63) is 21.3 Å². The molecule has 1 fully saturated rings. The Morgan fingerprint density at radius 2 is 2.50 bits per heavy atom. The summed E-state index contributed by atoms with van der Waals surface area (Å²) in [5.41, 5.74) is 0.197. The number of thiophene rings is 1. The van der Waals surface area contributed by atoms with Crippen LogP contribution in [0.25, 0.3) is 0 Å². The van der Waals surface area contributed by atoms with Crippen LogP contribution < -0.4 is 5.32 Å². The fraction of sp³-hybridized carbons (Fsp3) is 0.692. The van der Waals surface area contributed by atoms with Gasteiger partial charge in [0, 0.05) is 37.1 Å². The molecule has 1 N–H and O–H groups in total. The molecular formula is C13H20ClNO2S. The predicted molar refractivity (Wildman–Crippen MR) is 75.6 cm³/mol. The summed E-state index contributed by atoms with van der Waals surface area (Å²) in [6.07, 6.45) is 2.10. The van der Waals surface area contributed by atoms with Crippen LogP contribution in [0.15, 0.2) is 11.4 Å². The molecule has 0 aromatic carbocycles. The maximum Gasteiger partial charge on any atom is 0.0587 e. The molecule has 1 saturated heterocycles. The van der Waals surface area contributed by atoms with Crippen LogP contribution in [-0.2, 0) is 15.9 Å². The van der Waals surface area contributed by atoms with Gasteiger partial charge in [0.25, 0.3) is 0 Å². The van der Waals surface area contributed by atoms with Gasteiger partial charge in [0.15, 0.2) is 0 Å². The van der Waals surface area contributed by atoms with E-state index in [1.54, 1.807) is 18.4 Å². The second-order valence-corrected chi connectivity index (χ2v) is 6.25. The zero-order valence-electron chi connectivity index (χ0n) is 10.7. The number of methoxy groups -OCH3 is 1. The van der Waals surface area contributed by atoms with Crippen LogP contribution in [0.4, 0.5) is 0 Å². The fourth-order valence-corrected chi connectivity index (χ4v) is 3.59. The third kappa shape index (κ3) is 3.68. The minimum Gasteiger partial charge on any atom is -0.383 e. The van der Waals surface area contributed by atoms with Crippen molar-refractivity contribution >= 4 is 22.9 Å². The Labute approximate surface area is 117 Å². The molecule has 1 aromatic heterocycles. The van der Waals surface area contributed by atoms with Crippen LogP contribution >= 0.6 is 22.9 Å². The van der Waals surface area contributed by atoms with Crippen molar-refractivity contribution in [2.75, 3.05) is 40.0 Å². The lowest BCUT2D eigenvalue weighted by Crippen LogP contribution is -2.37. The Kier molecular flexibility index (Phi) is 5.45. The van der Waals surface area contributed by atoms with E-state index in [2.05, 4.69) is 10.7 Å². The van der Waals surface area contributed by atoms with Gasteiger partial charge in [0.05, 0.1) is 18.2 Å². The average Bonchev–Trinajstić information content (AvgIpc) is 2.97. The van der Waals surface area contributed by atoms with E-state index in [1.165, 1.54) is 4.88 Å². The highest BCUT2D eigenvalue weighted by Crippen LogP contribution is 2.36. The van der Waals surface area contributed by atoms with Gasteiger partial charge in [-0.05, 0) is 24.3 Å². The minimum atomic E-state index is 0.197. The predicted octanol–water partition coefficient (Wildman–Crippen LogP) is 2.59. The molecule has 0 radical (unpaired) electrons. The third-order valence-corrected chi connectivity index (χ3v) is 4.78. The van der Waals surface area contributed by atoms with Gasteiger partial charge in [-0.1, -0.05) is 11.6 Å². The molecule has 0 bridgehead atoms. The molecule has 0 aliphatic carbocycles. The SMILES string of the molecule is COCCNCC1(Cc2sccc2Cl)CCOC1. The lowest BCUT2D eigenvalue weighted by molar-refractivity contribution is 0.145. The van der Waals surface area contributed by atoms with E-state index < -0.39 is 0 Å². The number of halogens is 1. The molecule has 1 aromatic rings. The summed E-state index contributed by atoms with van der Waals surface area (Å²) >= 11 is 7.93. The van der Waals surface area contributed by atoms with Crippen LogP contribution in [0.2, 0.25) is 5.02 Å². The van der Waals surface area contributed by atoms with Gasteiger partial charge in [-0.15, -0.1) is 11.3 Å². The van der Waals surface area contributed by atoms with Crippen molar-refractivity contribution in [1.82, 2.24) is 5.32 Å². The number of rotatable bonds is 7. The smallest absolute Gasteiger partial charge is 0.0587 e. The van der Waals surface area contributed by atoms with Crippen molar-refractivity contribution in [1.29, 1.82) is 0 Å². The molecule has 5 heteroatoms. The van der Waals surface area contributed by atoms with E-state index in [4.69, 9.17) is 21.1 Å².